The van der Waals surface area contributed by atoms with E-state index in [0.717, 1.165) is 48.8 Å². The van der Waals surface area contributed by atoms with E-state index in [2.05, 4.69) is 16.5 Å². The van der Waals surface area contributed by atoms with Crippen LogP contribution in [0.1, 0.15) is 33.1 Å². The summed E-state index contributed by atoms with van der Waals surface area (Å²) >= 11 is 1.09. The Bertz CT molecular complexity index is 917. The third-order valence-electron chi connectivity index (χ3n) is 4.95. The molecule has 1 fully saturated rings. The van der Waals surface area contributed by atoms with Crippen LogP contribution in [0.15, 0.2) is 27.9 Å². The molecule has 0 bridgehead atoms. The monoisotopic (exact) mass is 397 g/mol. The third kappa shape index (κ3) is 4.36. The normalized spacial score (nSPS) is 19.2. The summed E-state index contributed by atoms with van der Waals surface area (Å²) < 4.78 is 30.1. The van der Waals surface area contributed by atoms with Gasteiger partial charge in [0.1, 0.15) is 0 Å². The highest BCUT2D eigenvalue weighted by molar-refractivity contribution is 7.89. The van der Waals surface area contributed by atoms with Gasteiger partial charge in [0.25, 0.3) is 0 Å². The lowest BCUT2D eigenvalue weighted by molar-refractivity contribution is 0.182. The minimum atomic E-state index is -3.55. The van der Waals surface area contributed by atoms with Crippen molar-refractivity contribution in [3.05, 3.63) is 27.9 Å². The number of fused-ring (bicyclic) bond motifs is 1. The molecule has 1 aliphatic rings. The molecule has 8 heteroatoms. The number of piperidine rings is 1. The minimum absolute atomic E-state index is 0.0548. The van der Waals surface area contributed by atoms with Crippen molar-refractivity contribution in [2.24, 2.45) is 5.92 Å². The van der Waals surface area contributed by atoms with E-state index in [1.807, 2.05) is 6.92 Å². The van der Waals surface area contributed by atoms with Gasteiger partial charge in [-0.1, -0.05) is 18.3 Å². The average molecular weight is 398 g/mol. The fourth-order valence-corrected chi connectivity index (χ4v) is 5.76. The Morgan fingerprint density at radius 3 is 2.88 bits per heavy atom. The number of hydrogen-bond donors (Lipinski definition) is 1. The molecule has 1 aromatic heterocycles. The second-order valence-corrected chi connectivity index (χ2v) is 9.80. The zero-order valence-electron chi connectivity index (χ0n) is 15.4. The predicted molar refractivity (Wildman–Crippen MR) is 106 cm³/mol. The molecule has 1 aliphatic heterocycles. The molecule has 0 aliphatic carbocycles. The molecule has 1 N–H and O–H groups in total. The summed E-state index contributed by atoms with van der Waals surface area (Å²) in [5.41, 5.74) is 0.792. The number of nitrogens with zero attached hydrogens (tertiary/aromatic N) is 2. The van der Waals surface area contributed by atoms with Crippen LogP contribution in [-0.4, -0.2) is 44.1 Å². The predicted octanol–water partition coefficient (Wildman–Crippen LogP) is 2.48. The molecule has 26 heavy (non-hydrogen) atoms. The lowest BCUT2D eigenvalue weighted by atomic mass is 10.0. The van der Waals surface area contributed by atoms with E-state index in [1.165, 1.54) is 12.8 Å². The van der Waals surface area contributed by atoms with Crippen LogP contribution in [-0.2, 0) is 16.6 Å². The van der Waals surface area contributed by atoms with Gasteiger partial charge in [0.15, 0.2) is 0 Å². The lowest BCUT2D eigenvalue weighted by Crippen LogP contribution is -2.36. The number of likely N-dealkylation sites (tertiary alicyclic amines) is 1. The van der Waals surface area contributed by atoms with Gasteiger partial charge in [0.05, 0.1) is 15.1 Å². The van der Waals surface area contributed by atoms with Crippen LogP contribution in [0.2, 0.25) is 0 Å². The first-order chi connectivity index (χ1) is 12.4. The molecule has 1 saturated heterocycles. The molecular weight excluding hydrogens is 370 g/mol. The second kappa shape index (κ2) is 8.21. The quantitative estimate of drug-likeness (QED) is 0.729. The summed E-state index contributed by atoms with van der Waals surface area (Å²) in [7, 11) is -3.55. The van der Waals surface area contributed by atoms with E-state index >= 15 is 0 Å². The summed E-state index contributed by atoms with van der Waals surface area (Å²) in [5, 5.41) is 0. The number of thiazole rings is 1. The Labute approximate surface area is 158 Å². The Kier molecular flexibility index (Phi) is 6.17. The van der Waals surface area contributed by atoms with E-state index in [0.29, 0.717) is 17.8 Å². The molecule has 6 nitrogen and oxygen atoms in total. The summed E-state index contributed by atoms with van der Waals surface area (Å²) in [6.45, 7) is 8.33. The van der Waals surface area contributed by atoms with Crippen molar-refractivity contribution in [1.82, 2.24) is 14.2 Å². The van der Waals surface area contributed by atoms with Crippen LogP contribution in [0.4, 0.5) is 0 Å². The number of rotatable bonds is 7. The number of nitrogens with one attached hydrogen (secondary N) is 1. The molecule has 0 amide bonds. The maximum Gasteiger partial charge on any atom is 0.308 e. The van der Waals surface area contributed by atoms with Crippen molar-refractivity contribution in [2.45, 2.75) is 44.6 Å². The Hall–Kier alpha value is -1.22. The Balaban J connectivity index is 1.61. The van der Waals surface area contributed by atoms with Gasteiger partial charge >= 0.3 is 4.87 Å². The van der Waals surface area contributed by atoms with Gasteiger partial charge < -0.3 is 4.90 Å². The van der Waals surface area contributed by atoms with E-state index in [-0.39, 0.29) is 9.77 Å². The van der Waals surface area contributed by atoms with Crippen LogP contribution < -0.4 is 9.60 Å². The fraction of sp³-hybridized carbons (Fsp3) is 0.611. The highest BCUT2D eigenvalue weighted by atomic mass is 32.2. The summed E-state index contributed by atoms with van der Waals surface area (Å²) in [6, 6.07) is 4.90. The van der Waals surface area contributed by atoms with E-state index < -0.39 is 10.0 Å². The van der Waals surface area contributed by atoms with Gasteiger partial charge in [-0.25, -0.2) is 13.1 Å². The molecule has 0 radical (unpaired) electrons. The molecule has 3 rings (SSSR count). The first-order valence-electron chi connectivity index (χ1n) is 9.26. The molecule has 144 valence electrons. The fourth-order valence-electron chi connectivity index (χ4n) is 3.60. The van der Waals surface area contributed by atoms with Crippen molar-refractivity contribution in [3.8, 4) is 0 Å². The summed E-state index contributed by atoms with van der Waals surface area (Å²) in [5.74, 6) is 0.731. The molecule has 2 heterocycles. The van der Waals surface area contributed by atoms with Gasteiger partial charge in [0.2, 0.25) is 10.0 Å². The molecule has 1 atom stereocenters. The van der Waals surface area contributed by atoms with E-state index in [4.69, 9.17) is 0 Å². The van der Waals surface area contributed by atoms with E-state index in [9.17, 15) is 13.2 Å². The molecule has 0 spiro atoms. The summed E-state index contributed by atoms with van der Waals surface area (Å²) in [4.78, 5) is 14.5. The zero-order chi connectivity index (χ0) is 18.7. The van der Waals surface area contributed by atoms with Crippen molar-refractivity contribution in [3.63, 3.8) is 0 Å². The van der Waals surface area contributed by atoms with Crippen molar-refractivity contribution in [2.75, 3.05) is 26.2 Å². The number of benzene rings is 1. The minimum Gasteiger partial charge on any atom is -0.303 e. The molecule has 0 saturated carbocycles. The summed E-state index contributed by atoms with van der Waals surface area (Å²) in [6.07, 6.45) is 3.32. The average Bonchev–Trinajstić information content (AvgIpc) is 2.93. The second-order valence-electron chi connectivity index (χ2n) is 7.04. The zero-order valence-corrected chi connectivity index (χ0v) is 17.0. The smallest absolute Gasteiger partial charge is 0.303 e. The third-order valence-corrected chi connectivity index (χ3v) is 7.35. The first kappa shape index (κ1) is 19.5. The van der Waals surface area contributed by atoms with E-state index in [1.54, 1.807) is 22.8 Å². The van der Waals surface area contributed by atoms with Gasteiger partial charge in [0, 0.05) is 19.6 Å². The number of aryl methyl sites for hydroxylation is 1. The SMILES string of the molecule is CCn1c(=O)sc2cc(S(=O)(=O)NCCCN3CCC[C@@H](C)C3)ccc21. The van der Waals surface area contributed by atoms with Crippen molar-refractivity contribution in [1.29, 1.82) is 0 Å². The van der Waals surface area contributed by atoms with Gasteiger partial charge in [-0.05, 0) is 63.4 Å². The highest BCUT2D eigenvalue weighted by Crippen LogP contribution is 2.21. The standard InChI is InChI=1S/C18H27N3O3S2/c1-3-21-16-8-7-15(12-17(16)25-18(21)22)26(23,24)19-9-5-11-20-10-4-6-14(2)13-20/h7-8,12,14,19H,3-6,9-11,13H2,1-2H3/t14-/m1/s1. The van der Waals surface area contributed by atoms with Gasteiger partial charge in [-0.15, -0.1) is 0 Å². The van der Waals surface area contributed by atoms with Crippen molar-refractivity contribution >= 4 is 31.6 Å². The number of aromatic nitrogens is 1. The molecular formula is C18H27N3O3S2. The van der Waals surface area contributed by atoms with Crippen LogP contribution in [0, 0.1) is 5.92 Å². The Morgan fingerprint density at radius 2 is 2.15 bits per heavy atom. The van der Waals surface area contributed by atoms with Gasteiger partial charge in [-0.2, -0.15) is 0 Å². The van der Waals surface area contributed by atoms with Crippen molar-refractivity contribution < 1.29 is 8.42 Å². The number of sulfonamides is 1. The van der Waals surface area contributed by atoms with Crippen LogP contribution in [0.3, 0.4) is 0 Å². The lowest BCUT2D eigenvalue weighted by Gasteiger charge is -2.30. The largest absolute Gasteiger partial charge is 0.308 e. The van der Waals surface area contributed by atoms with Crippen LogP contribution >= 0.6 is 11.3 Å². The molecule has 1 aromatic carbocycles. The topological polar surface area (TPSA) is 71.4 Å². The highest BCUT2D eigenvalue weighted by Gasteiger charge is 2.18. The molecule has 0 unspecified atom stereocenters. The van der Waals surface area contributed by atoms with Crippen LogP contribution in [0.5, 0.6) is 0 Å². The Morgan fingerprint density at radius 1 is 1.35 bits per heavy atom. The van der Waals surface area contributed by atoms with Gasteiger partial charge in [-0.3, -0.25) is 9.36 Å². The number of hydrogen-bond acceptors (Lipinski definition) is 5. The maximum absolute atomic E-state index is 12.5. The first-order valence-corrected chi connectivity index (χ1v) is 11.6. The maximum atomic E-state index is 12.5. The van der Waals surface area contributed by atoms with Crippen LogP contribution in [0.25, 0.3) is 10.2 Å². The molecule has 2 aromatic rings.